The monoisotopic (exact) mass is 198 g/mol. The molecule has 0 aliphatic heterocycles. The first kappa shape index (κ1) is 8.86. The summed E-state index contributed by atoms with van der Waals surface area (Å²) < 4.78 is 0. The Morgan fingerprint density at radius 2 is 2.00 bits per heavy atom. The average molecular weight is 198 g/mol. The molecule has 0 saturated heterocycles. The summed E-state index contributed by atoms with van der Waals surface area (Å²) in [4.78, 5) is 4.14. The highest BCUT2D eigenvalue weighted by Gasteiger charge is 2.34. The van der Waals surface area contributed by atoms with Gasteiger partial charge < -0.3 is 5.73 Å². The second-order valence-electron chi connectivity index (χ2n) is 4.45. The van der Waals surface area contributed by atoms with Gasteiger partial charge in [0.15, 0.2) is 0 Å². The van der Waals surface area contributed by atoms with Crippen molar-refractivity contribution in [3.05, 3.63) is 42.2 Å². The fourth-order valence-corrected chi connectivity index (χ4v) is 2.24. The lowest BCUT2D eigenvalue weighted by Gasteiger charge is -2.38. The highest BCUT2D eigenvalue weighted by atomic mass is 14.8. The van der Waals surface area contributed by atoms with Crippen LogP contribution >= 0.6 is 0 Å². The molecule has 2 N–H and O–H groups in total. The Balaban J connectivity index is 2.14. The molecule has 1 heterocycles. The van der Waals surface area contributed by atoms with Gasteiger partial charge in [0, 0.05) is 23.3 Å². The Labute approximate surface area is 89.1 Å². The van der Waals surface area contributed by atoms with E-state index in [9.17, 15) is 0 Å². The van der Waals surface area contributed by atoms with Crippen molar-refractivity contribution >= 4 is 10.8 Å². The van der Waals surface area contributed by atoms with Gasteiger partial charge in [0.2, 0.25) is 0 Å². The van der Waals surface area contributed by atoms with E-state index in [0.717, 1.165) is 12.8 Å². The average Bonchev–Trinajstić information content (AvgIpc) is 2.25. The molecule has 1 aliphatic rings. The molecular weight excluding hydrogens is 184 g/mol. The Hall–Kier alpha value is -1.41. The Morgan fingerprint density at radius 1 is 1.13 bits per heavy atom. The zero-order valence-electron chi connectivity index (χ0n) is 8.61. The number of benzene rings is 1. The topological polar surface area (TPSA) is 38.9 Å². The summed E-state index contributed by atoms with van der Waals surface area (Å²) >= 11 is 0. The van der Waals surface area contributed by atoms with E-state index in [1.807, 2.05) is 18.5 Å². The molecule has 0 radical (unpaired) electrons. The first-order valence-electron chi connectivity index (χ1n) is 5.41. The maximum Gasteiger partial charge on any atom is 0.0409 e. The van der Waals surface area contributed by atoms with Gasteiger partial charge in [0.05, 0.1) is 0 Å². The second kappa shape index (κ2) is 3.04. The summed E-state index contributed by atoms with van der Waals surface area (Å²) in [5, 5.41) is 2.42. The maximum absolute atomic E-state index is 6.29. The number of pyridine rings is 1. The van der Waals surface area contributed by atoms with Crippen LogP contribution in [0.2, 0.25) is 0 Å². The molecule has 76 valence electrons. The first-order valence-corrected chi connectivity index (χ1v) is 5.41. The zero-order valence-corrected chi connectivity index (χ0v) is 8.61. The van der Waals surface area contributed by atoms with Gasteiger partial charge in [-0.1, -0.05) is 12.1 Å². The lowest BCUT2D eigenvalue weighted by molar-refractivity contribution is 0.254. The van der Waals surface area contributed by atoms with E-state index in [1.54, 1.807) is 0 Å². The number of hydrogen-bond donors (Lipinski definition) is 1. The lowest BCUT2D eigenvalue weighted by atomic mass is 9.72. The minimum atomic E-state index is -0.0654. The van der Waals surface area contributed by atoms with Crippen LogP contribution in [0.3, 0.4) is 0 Å². The van der Waals surface area contributed by atoms with Crippen LogP contribution in [0, 0.1) is 0 Å². The standard InChI is InChI=1S/C13H14N2/c14-13(5-1-6-13)12-3-2-10-4-7-15-9-11(10)8-12/h2-4,7-9H,1,5-6,14H2. The van der Waals surface area contributed by atoms with Crippen molar-refractivity contribution in [1.29, 1.82) is 0 Å². The van der Waals surface area contributed by atoms with E-state index < -0.39 is 0 Å². The second-order valence-corrected chi connectivity index (χ2v) is 4.45. The van der Waals surface area contributed by atoms with Gasteiger partial charge in [0.25, 0.3) is 0 Å². The van der Waals surface area contributed by atoms with E-state index in [2.05, 4.69) is 23.2 Å². The van der Waals surface area contributed by atoms with Crippen LogP contribution in [0.1, 0.15) is 24.8 Å². The minimum absolute atomic E-state index is 0.0654. The summed E-state index contributed by atoms with van der Waals surface area (Å²) in [5.74, 6) is 0. The van der Waals surface area contributed by atoms with Crippen LogP contribution in [0.25, 0.3) is 10.8 Å². The molecule has 1 fully saturated rings. The Kier molecular flexibility index (Phi) is 1.80. The Morgan fingerprint density at radius 3 is 2.73 bits per heavy atom. The van der Waals surface area contributed by atoms with Crippen LogP contribution < -0.4 is 5.73 Å². The number of rotatable bonds is 1. The fraction of sp³-hybridized carbons (Fsp3) is 0.308. The zero-order chi connectivity index (χ0) is 10.3. The van der Waals surface area contributed by atoms with E-state index in [-0.39, 0.29) is 5.54 Å². The van der Waals surface area contributed by atoms with Gasteiger partial charge in [-0.05, 0) is 42.3 Å². The van der Waals surface area contributed by atoms with Crippen molar-refractivity contribution in [1.82, 2.24) is 4.98 Å². The third-order valence-electron chi connectivity index (χ3n) is 3.46. The highest BCUT2D eigenvalue weighted by molar-refractivity contribution is 5.82. The van der Waals surface area contributed by atoms with Crippen molar-refractivity contribution in [2.75, 3.05) is 0 Å². The smallest absolute Gasteiger partial charge is 0.0409 e. The molecule has 0 atom stereocenters. The number of nitrogens with two attached hydrogens (primary N) is 1. The number of hydrogen-bond acceptors (Lipinski definition) is 2. The molecular formula is C13H14N2. The molecule has 0 unspecified atom stereocenters. The molecule has 1 saturated carbocycles. The van der Waals surface area contributed by atoms with Crippen molar-refractivity contribution in [2.24, 2.45) is 5.73 Å². The fourth-order valence-electron chi connectivity index (χ4n) is 2.24. The molecule has 2 nitrogen and oxygen atoms in total. The molecule has 1 aromatic heterocycles. The summed E-state index contributed by atoms with van der Waals surface area (Å²) in [6.07, 6.45) is 7.20. The number of fused-ring (bicyclic) bond motifs is 1. The molecule has 0 amide bonds. The maximum atomic E-state index is 6.29. The van der Waals surface area contributed by atoms with Gasteiger partial charge >= 0.3 is 0 Å². The van der Waals surface area contributed by atoms with Crippen LogP contribution in [0.4, 0.5) is 0 Å². The molecule has 0 spiro atoms. The molecule has 15 heavy (non-hydrogen) atoms. The van der Waals surface area contributed by atoms with Gasteiger partial charge in [-0.3, -0.25) is 4.98 Å². The summed E-state index contributed by atoms with van der Waals surface area (Å²) in [7, 11) is 0. The van der Waals surface area contributed by atoms with E-state index in [0.29, 0.717) is 0 Å². The number of nitrogens with zero attached hydrogens (tertiary/aromatic N) is 1. The Bertz CT molecular complexity index is 501. The predicted molar refractivity (Wildman–Crippen MR) is 61.5 cm³/mol. The normalized spacial score (nSPS) is 18.7. The number of aromatic nitrogens is 1. The van der Waals surface area contributed by atoms with Crippen LogP contribution in [-0.4, -0.2) is 4.98 Å². The predicted octanol–water partition coefficient (Wildman–Crippen LogP) is 2.57. The first-order chi connectivity index (χ1) is 7.28. The van der Waals surface area contributed by atoms with Gasteiger partial charge in [-0.25, -0.2) is 0 Å². The molecule has 2 aromatic rings. The van der Waals surface area contributed by atoms with E-state index >= 15 is 0 Å². The molecule has 1 aliphatic carbocycles. The summed E-state index contributed by atoms with van der Waals surface area (Å²) in [6, 6.07) is 8.51. The minimum Gasteiger partial charge on any atom is -0.321 e. The molecule has 0 bridgehead atoms. The SMILES string of the molecule is NC1(c2ccc3ccncc3c2)CCC1. The van der Waals surface area contributed by atoms with E-state index in [1.165, 1.54) is 22.8 Å². The third kappa shape index (κ3) is 1.33. The van der Waals surface area contributed by atoms with Crippen LogP contribution in [-0.2, 0) is 5.54 Å². The molecule has 2 heteroatoms. The highest BCUT2D eigenvalue weighted by Crippen LogP contribution is 2.39. The molecule has 3 rings (SSSR count). The van der Waals surface area contributed by atoms with E-state index in [4.69, 9.17) is 5.73 Å². The van der Waals surface area contributed by atoms with Crippen molar-refractivity contribution in [3.8, 4) is 0 Å². The summed E-state index contributed by atoms with van der Waals surface area (Å²) in [5.41, 5.74) is 7.49. The van der Waals surface area contributed by atoms with Gasteiger partial charge in [-0.2, -0.15) is 0 Å². The van der Waals surface area contributed by atoms with Crippen LogP contribution in [0.15, 0.2) is 36.7 Å². The third-order valence-corrected chi connectivity index (χ3v) is 3.46. The molecule has 1 aromatic carbocycles. The van der Waals surface area contributed by atoms with Crippen LogP contribution in [0.5, 0.6) is 0 Å². The van der Waals surface area contributed by atoms with Crippen molar-refractivity contribution in [3.63, 3.8) is 0 Å². The lowest BCUT2D eigenvalue weighted by Crippen LogP contribution is -2.43. The summed E-state index contributed by atoms with van der Waals surface area (Å²) in [6.45, 7) is 0. The van der Waals surface area contributed by atoms with Crippen molar-refractivity contribution in [2.45, 2.75) is 24.8 Å². The largest absolute Gasteiger partial charge is 0.321 e. The van der Waals surface area contributed by atoms with Gasteiger partial charge in [0.1, 0.15) is 0 Å². The quantitative estimate of drug-likeness (QED) is 0.764. The van der Waals surface area contributed by atoms with Crippen molar-refractivity contribution < 1.29 is 0 Å². The van der Waals surface area contributed by atoms with Gasteiger partial charge in [-0.15, -0.1) is 0 Å².